The molecule has 0 spiro atoms. The summed E-state index contributed by atoms with van der Waals surface area (Å²) in [5, 5.41) is 4.31. The molecule has 0 radical (unpaired) electrons. The summed E-state index contributed by atoms with van der Waals surface area (Å²) >= 11 is 8.46. The standard InChI is InChI=1S/C17H18ClFIN/c1-2-9-21-17(10-12-5-3-4-6-15(12)18)14-8-7-13(19)11-16(14)20/h3-8,11,17,21H,2,9-10H2,1H3. The Morgan fingerprint density at radius 3 is 2.67 bits per heavy atom. The van der Waals surface area contributed by atoms with Crippen LogP contribution in [0, 0.1) is 9.39 Å². The summed E-state index contributed by atoms with van der Waals surface area (Å²) in [7, 11) is 0. The van der Waals surface area contributed by atoms with E-state index < -0.39 is 0 Å². The van der Waals surface area contributed by atoms with Crippen molar-refractivity contribution in [2.24, 2.45) is 0 Å². The zero-order chi connectivity index (χ0) is 15.2. The van der Waals surface area contributed by atoms with Crippen molar-refractivity contribution in [2.45, 2.75) is 25.8 Å². The van der Waals surface area contributed by atoms with Gasteiger partial charge in [-0.15, -0.1) is 0 Å². The quantitative estimate of drug-likeness (QED) is 0.623. The van der Waals surface area contributed by atoms with Crippen LogP contribution >= 0.6 is 34.2 Å². The van der Waals surface area contributed by atoms with E-state index in [9.17, 15) is 4.39 Å². The van der Waals surface area contributed by atoms with E-state index in [0.717, 1.165) is 39.1 Å². The van der Waals surface area contributed by atoms with Gasteiger partial charge in [0.2, 0.25) is 0 Å². The van der Waals surface area contributed by atoms with Gasteiger partial charge in [-0.1, -0.05) is 42.8 Å². The molecule has 1 unspecified atom stereocenters. The van der Waals surface area contributed by atoms with E-state index in [-0.39, 0.29) is 11.9 Å². The lowest BCUT2D eigenvalue weighted by Gasteiger charge is -2.21. The molecule has 2 rings (SSSR count). The lowest BCUT2D eigenvalue weighted by Crippen LogP contribution is -2.25. The number of nitrogens with one attached hydrogen (secondary N) is 1. The van der Waals surface area contributed by atoms with Crippen molar-refractivity contribution in [3.05, 3.63) is 68.0 Å². The predicted molar refractivity (Wildman–Crippen MR) is 95.3 cm³/mol. The highest BCUT2D eigenvalue weighted by molar-refractivity contribution is 14.1. The van der Waals surface area contributed by atoms with Crippen LogP contribution in [0.2, 0.25) is 5.02 Å². The Balaban J connectivity index is 2.27. The Hall–Kier alpha value is -0.650. The summed E-state index contributed by atoms with van der Waals surface area (Å²) in [6.07, 6.45) is 1.85. The molecule has 1 N–H and O–H groups in total. The Bertz CT molecular complexity index is 603. The maximum atomic E-state index is 13.3. The molecule has 4 heteroatoms. The molecule has 0 amide bonds. The molecule has 0 aromatic heterocycles. The monoisotopic (exact) mass is 417 g/mol. The first kappa shape index (κ1) is 16.7. The largest absolute Gasteiger partial charge is 0.310 e. The highest BCUT2D eigenvalue weighted by Crippen LogP contribution is 2.27. The van der Waals surface area contributed by atoms with Gasteiger partial charge in [0.1, 0.15) is 5.82 Å². The van der Waals surface area contributed by atoms with Crippen LogP contribution in [0.1, 0.15) is 30.5 Å². The van der Waals surface area contributed by atoms with Gasteiger partial charge in [-0.2, -0.15) is 0 Å². The summed E-state index contributed by atoms with van der Waals surface area (Å²) in [5.74, 6) is -0.199. The zero-order valence-electron chi connectivity index (χ0n) is 11.9. The molecule has 0 aliphatic rings. The van der Waals surface area contributed by atoms with E-state index in [1.165, 1.54) is 6.07 Å². The van der Waals surface area contributed by atoms with Crippen molar-refractivity contribution in [3.63, 3.8) is 0 Å². The second-order valence-electron chi connectivity index (χ2n) is 4.97. The molecule has 1 atom stereocenters. The highest BCUT2D eigenvalue weighted by Gasteiger charge is 2.16. The maximum Gasteiger partial charge on any atom is 0.124 e. The molecule has 0 bridgehead atoms. The van der Waals surface area contributed by atoms with Gasteiger partial charge >= 0.3 is 0 Å². The molecule has 2 aromatic carbocycles. The Kier molecular flexibility index (Phi) is 6.45. The summed E-state index contributed by atoms with van der Waals surface area (Å²) < 4.78 is 14.2. The van der Waals surface area contributed by atoms with E-state index in [4.69, 9.17) is 11.6 Å². The molecule has 0 saturated carbocycles. The minimum Gasteiger partial charge on any atom is -0.310 e. The maximum absolute atomic E-state index is 13.3. The minimum atomic E-state index is -0.199. The van der Waals surface area contributed by atoms with Crippen molar-refractivity contribution >= 4 is 34.2 Å². The van der Waals surface area contributed by atoms with Crippen LogP contribution in [-0.2, 0) is 6.42 Å². The van der Waals surface area contributed by atoms with E-state index in [1.807, 2.05) is 30.3 Å². The van der Waals surface area contributed by atoms with Crippen molar-refractivity contribution < 1.29 is 4.39 Å². The smallest absolute Gasteiger partial charge is 0.124 e. The van der Waals surface area contributed by atoms with E-state index >= 15 is 0 Å². The van der Waals surface area contributed by atoms with Crippen molar-refractivity contribution in [3.8, 4) is 0 Å². The number of hydrogen-bond donors (Lipinski definition) is 1. The number of rotatable bonds is 6. The fourth-order valence-corrected chi connectivity index (χ4v) is 3.34. The molecular weight excluding hydrogens is 400 g/mol. The predicted octanol–water partition coefficient (Wildman–Crippen LogP) is 5.37. The van der Waals surface area contributed by atoms with Gasteiger partial charge in [-0.25, -0.2) is 4.39 Å². The molecule has 112 valence electrons. The Morgan fingerprint density at radius 2 is 2.00 bits per heavy atom. The molecular formula is C17H18ClFIN. The second kappa shape index (κ2) is 8.11. The highest BCUT2D eigenvalue weighted by atomic mass is 127. The van der Waals surface area contributed by atoms with Gasteiger partial charge in [0.25, 0.3) is 0 Å². The van der Waals surface area contributed by atoms with Crippen molar-refractivity contribution in [1.82, 2.24) is 5.32 Å². The summed E-state index contributed by atoms with van der Waals surface area (Å²) in [6, 6.07) is 13.0. The van der Waals surface area contributed by atoms with E-state index in [2.05, 4.69) is 34.8 Å². The van der Waals surface area contributed by atoms with Gasteiger partial charge in [0, 0.05) is 14.6 Å². The van der Waals surface area contributed by atoms with E-state index in [0.29, 0.717) is 0 Å². The minimum absolute atomic E-state index is 0.136. The lowest BCUT2D eigenvalue weighted by molar-refractivity contribution is 0.525. The normalized spacial score (nSPS) is 12.4. The third kappa shape index (κ3) is 4.66. The zero-order valence-corrected chi connectivity index (χ0v) is 14.8. The van der Waals surface area contributed by atoms with Crippen LogP contribution in [-0.4, -0.2) is 6.54 Å². The van der Waals surface area contributed by atoms with Crippen molar-refractivity contribution in [2.75, 3.05) is 6.54 Å². The molecule has 21 heavy (non-hydrogen) atoms. The van der Waals surface area contributed by atoms with Gasteiger partial charge < -0.3 is 5.32 Å². The summed E-state index contributed by atoms with van der Waals surface area (Å²) in [6.45, 7) is 3.05. The van der Waals surface area contributed by atoms with Gasteiger partial charge in [0.15, 0.2) is 0 Å². The van der Waals surface area contributed by atoms with Crippen molar-refractivity contribution in [1.29, 1.82) is 0 Å². The van der Waals surface area contributed by atoms with Crippen LogP contribution in [0.15, 0.2) is 42.5 Å². The topological polar surface area (TPSA) is 12.0 Å². The van der Waals surface area contributed by atoms with Gasteiger partial charge in [-0.3, -0.25) is 0 Å². The third-order valence-corrected chi connectivity index (χ3v) is 4.66. The van der Waals surface area contributed by atoms with Gasteiger partial charge in [0.05, 0.1) is 0 Å². The van der Waals surface area contributed by atoms with Gasteiger partial charge in [-0.05, 0) is 71.3 Å². The second-order valence-corrected chi connectivity index (χ2v) is 6.54. The Morgan fingerprint density at radius 1 is 1.24 bits per heavy atom. The molecule has 2 aromatic rings. The fraction of sp³-hybridized carbons (Fsp3) is 0.294. The average molecular weight is 418 g/mol. The van der Waals surface area contributed by atoms with Crippen LogP contribution in [0.4, 0.5) is 4.39 Å². The first-order valence-electron chi connectivity index (χ1n) is 7.03. The van der Waals surface area contributed by atoms with Crippen LogP contribution < -0.4 is 5.32 Å². The number of halogens is 3. The van der Waals surface area contributed by atoms with Crippen LogP contribution in [0.25, 0.3) is 0 Å². The SMILES string of the molecule is CCCNC(Cc1ccccc1Cl)c1ccc(F)cc1I. The average Bonchev–Trinajstić information content (AvgIpc) is 2.46. The number of benzene rings is 2. The molecule has 0 saturated heterocycles. The first-order valence-corrected chi connectivity index (χ1v) is 8.49. The molecule has 0 aliphatic carbocycles. The van der Waals surface area contributed by atoms with Crippen LogP contribution in [0.3, 0.4) is 0 Å². The molecule has 0 heterocycles. The lowest BCUT2D eigenvalue weighted by atomic mass is 9.98. The summed E-state index contributed by atoms with van der Waals surface area (Å²) in [5.41, 5.74) is 2.22. The fourth-order valence-electron chi connectivity index (χ4n) is 2.28. The molecule has 1 nitrogen and oxygen atoms in total. The molecule has 0 aliphatic heterocycles. The Labute approximate surface area is 144 Å². The first-order chi connectivity index (χ1) is 10.1. The summed E-state index contributed by atoms with van der Waals surface area (Å²) in [4.78, 5) is 0. The third-order valence-electron chi connectivity index (χ3n) is 3.36. The van der Waals surface area contributed by atoms with E-state index in [1.54, 1.807) is 6.07 Å². The van der Waals surface area contributed by atoms with Crippen LogP contribution in [0.5, 0.6) is 0 Å². The molecule has 0 fully saturated rings. The number of hydrogen-bond acceptors (Lipinski definition) is 1.